The van der Waals surface area contributed by atoms with Gasteiger partial charge in [-0.05, 0) is 71.2 Å². The number of carbonyl (C=O) groups excluding carboxylic acids is 2. The minimum absolute atomic E-state index is 0.000717. The minimum atomic E-state index is -0.447. The Kier molecular flexibility index (Phi) is 8.58. The first-order valence-corrected chi connectivity index (χ1v) is 13.2. The van der Waals surface area contributed by atoms with Gasteiger partial charge in [-0.2, -0.15) is 0 Å². The molecule has 0 aromatic heterocycles. The van der Waals surface area contributed by atoms with E-state index in [1.165, 1.54) is 5.57 Å². The molecule has 2 aliphatic heterocycles. The lowest BCUT2D eigenvalue weighted by Crippen LogP contribution is -2.56. The SMILES string of the molecule is CNCC(=O)Nc1ccc(CCNC(=O)OC2CC[C@]3(CO3)C([C@]3(C)O[C@@H]3CC=C(C)C)C2OC)cc1. The van der Waals surface area contributed by atoms with E-state index in [0.717, 1.165) is 24.1 Å². The Hall–Kier alpha value is -2.46. The Bertz CT molecular complexity index is 988. The van der Waals surface area contributed by atoms with Gasteiger partial charge in [-0.25, -0.2) is 4.79 Å². The topological polar surface area (TPSA) is 114 Å². The largest absolute Gasteiger partial charge is 0.443 e. The van der Waals surface area contributed by atoms with E-state index in [-0.39, 0.29) is 47.9 Å². The predicted molar refractivity (Wildman–Crippen MR) is 141 cm³/mol. The van der Waals surface area contributed by atoms with Crippen LogP contribution in [-0.4, -0.2) is 75.4 Å². The molecule has 3 N–H and O–H groups in total. The van der Waals surface area contributed by atoms with Crippen molar-refractivity contribution in [3.8, 4) is 0 Å². The maximum Gasteiger partial charge on any atom is 0.407 e. The van der Waals surface area contributed by atoms with E-state index < -0.39 is 6.09 Å². The standard InChI is InChI=1S/C28H41N3O6/c1-18(2)6-11-22-27(3,37-22)25-24(34-5)21(12-14-28(25)17-35-28)36-26(33)30-15-13-19-7-9-20(10-8-19)31-23(32)16-29-4/h6-10,21-22,24-25,29H,11-17H2,1-5H3,(H,30,33)(H,31,32)/t21?,22-,24?,25?,27-,28+/m1/s1. The number of allylic oxidation sites excluding steroid dienone is 1. The number of anilines is 1. The molecular weight excluding hydrogens is 474 g/mol. The van der Waals surface area contributed by atoms with E-state index in [1.54, 1.807) is 14.2 Å². The summed E-state index contributed by atoms with van der Waals surface area (Å²) in [7, 11) is 3.40. The zero-order chi connectivity index (χ0) is 26.6. The van der Waals surface area contributed by atoms with Crippen LogP contribution < -0.4 is 16.0 Å². The highest BCUT2D eigenvalue weighted by Crippen LogP contribution is 2.59. The molecule has 1 saturated carbocycles. The molecule has 2 heterocycles. The van der Waals surface area contributed by atoms with Crippen molar-refractivity contribution >= 4 is 17.7 Å². The van der Waals surface area contributed by atoms with Crippen molar-refractivity contribution in [2.24, 2.45) is 5.92 Å². The number of hydrogen-bond donors (Lipinski definition) is 3. The van der Waals surface area contributed by atoms with Gasteiger partial charge in [-0.15, -0.1) is 0 Å². The molecule has 1 spiro atoms. The molecule has 37 heavy (non-hydrogen) atoms. The zero-order valence-corrected chi connectivity index (χ0v) is 22.6. The summed E-state index contributed by atoms with van der Waals surface area (Å²) in [5.41, 5.74) is 2.45. The summed E-state index contributed by atoms with van der Waals surface area (Å²) in [4.78, 5) is 24.4. The zero-order valence-electron chi connectivity index (χ0n) is 22.6. The van der Waals surface area contributed by atoms with E-state index in [4.69, 9.17) is 18.9 Å². The number of benzene rings is 1. The number of carbonyl (C=O) groups is 2. The van der Waals surface area contributed by atoms with Crippen molar-refractivity contribution in [3.05, 3.63) is 41.5 Å². The number of hydrogen-bond acceptors (Lipinski definition) is 7. The Morgan fingerprint density at radius 3 is 2.57 bits per heavy atom. The number of rotatable bonds is 11. The van der Waals surface area contributed by atoms with Crippen LogP contribution in [-0.2, 0) is 30.2 Å². The van der Waals surface area contributed by atoms with Crippen LogP contribution in [0.5, 0.6) is 0 Å². The van der Waals surface area contributed by atoms with Gasteiger partial charge in [0, 0.05) is 19.3 Å². The fourth-order valence-corrected chi connectivity index (χ4v) is 5.68. The Labute approximate surface area is 219 Å². The fraction of sp³-hybridized carbons (Fsp3) is 0.643. The highest BCUT2D eigenvalue weighted by atomic mass is 16.6. The van der Waals surface area contributed by atoms with E-state index in [9.17, 15) is 9.59 Å². The quantitative estimate of drug-likeness (QED) is 0.306. The van der Waals surface area contributed by atoms with Gasteiger partial charge in [0.15, 0.2) is 0 Å². The predicted octanol–water partition coefficient (Wildman–Crippen LogP) is 3.19. The third-order valence-electron chi connectivity index (χ3n) is 7.75. The first kappa shape index (κ1) is 27.6. The van der Waals surface area contributed by atoms with Crippen LogP contribution in [0.15, 0.2) is 35.9 Å². The molecule has 0 bridgehead atoms. The summed E-state index contributed by atoms with van der Waals surface area (Å²) in [5.74, 6) is -0.0944. The van der Waals surface area contributed by atoms with Gasteiger partial charge < -0.3 is 34.9 Å². The van der Waals surface area contributed by atoms with Gasteiger partial charge in [-0.1, -0.05) is 23.8 Å². The van der Waals surface area contributed by atoms with Crippen LogP contribution in [0, 0.1) is 5.92 Å². The monoisotopic (exact) mass is 515 g/mol. The second kappa shape index (κ2) is 11.5. The molecule has 3 unspecified atom stereocenters. The number of amides is 2. The lowest BCUT2D eigenvalue weighted by molar-refractivity contribution is -0.118. The minimum Gasteiger partial charge on any atom is -0.443 e. The first-order valence-electron chi connectivity index (χ1n) is 13.2. The van der Waals surface area contributed by atoms with E-state index in [0.29, 0.717) is 26.0 Å². The molecule has 9 nitrogen and oxygen atoms in total. The number of alkyl carbamates (subject to hydrolysis) is 1. The van der Waals surface area contributed by atoms with E-state index in [2.05, 4.69) is 42.8 Å². The fourth-order valence-electron chi connectivity index (χ4n) is 5.68. The second-order valence-corrected chi connectivity index (χ2v) is 10.8. The first-order chi connectivity index (χ1) is 17.7. The molecule has 1 aliphatic carbocycles. The third kappa shape index (κ3) is 6.52. The average molecular weight is 516 g/mol. The summed E-state index contributed by atoms with van der Waals surface area (Å²) < 4.78 is 24.0. The number of epoxide rings is 2. The van der Waals surface area contributed by atoms with Gasteiger partial charge in [0.05, 0.1) is 25.2 Å². The van der Waals surface area contributed by atoms with Crippen molar-refractivity contribution in [1.29, 1.82) is 0 Å². The lowest BCUT2D eigenvalue weighted by Gasteiger charge is -2.42. The van der Waals surface area contributed by atoms with Gasteiger partial charge in [0.2, 0.25) is 5.91 Å². The molecule has 3 aliphatic rings. The molecule has 3 fully saturated rings. The van der Waals surface area contributed by atoms with Crippen LogP contribution in [0.4, 0.5) is 10.5 Å². The van der Waals surface area contributed by atoms with Crippen molar-refractivity contribution < 1.29 is 28.5 Å². The second-order valence-electron chi connectivity index (χ2n) is 10.8. The summed E-state index contributed by atoms with van der Waals surface area (Å²) in [5, 5.41) is 8.50. The number of nitrogens with one attached hydrogen (secondary N) is 3. The van der Waals surface area contributed by atoms with E-state index >= 15 is 0 Å². The highest BCUT2D eigenvalue weighted by Gasteiger charge is 2.72. The Morgan fingerprint density at radius 1 is 1.22 bits per heavy atom. The molecule has 0 radical (unpaired) electrons. The number of ether oxygens (including phenoxy) is 4. The summed E-state index contributed by atoms with van der Waals surface area (Å²) in [6, 6.07) is 7.58. The lowest BCUT2D eigenvalue weighted by atomic mass is 9.68. The van der Waals surface area contributed by atoms with Gasteiger partial charge in [-0.3, -0.25) is 4.79 Å². The van der Waals surface area contributed by atoms with Crippen LogP contribution in [0.25, 0.3) is 0 Å². The molecule has 1 aromatic carbocycles. The van der Waals surface area contributed by atoms with Crippen LogP contribution in [0.2, 0.25) is 0 Å². The number of likely N-dealkylation sites (N-methyl/N-ethyl adjacent to an activating group) is 1. The molecule has 9 heteroatoms. The molecule has 2 amide bonds. The Morgan fingerprint density at radius 2 is 1.95 bits per heavy atom. The molecule has 1 aromatic rings. The smallest absolute Gasteiger partial charge is 0.407 e. The average Bonchev–Trinajstić information content (AvgIpc) is 3.77. The summed E-state index contributed by atoms with van der Waals surface area (Å²) in [6.45, 7) is 7.71. The van der Waals surface area contributed by atoms with Crippen LogP contribution >= 0.6 is 0 Å². The van der Waals surface area contributed by atoms with Gasteiger partial charge in [0.1, 0.15) is 23.4 Å². The number of methoxy groups -OCH3 is 1. The van der Waals surface area contributed by atoms with Crippen molar-refractivity contribution in [2.75, 3.05) is 39.2 Å². The summed E-state index contributed by atoms with van der Waals surface area (Å²) >= 11 is 0. The van der Waals surface area contributed by atoms with Crippen LogP contribution in [0.1, 0.15) is 45.6 Å². The summed E-state index contributed by atoms with van der Waals surface area (Å²) in [6.07, 6.45) is 4.23. The maximum absolute atomic E-state index is 12.7. The van der Waals surface area contributed by atoms with Crippen LogP contribution in [0.3, 0.4) is 0 Å². The van der Waals surface area contributed by atoms with Gasteiger partial charge >= 0.3 is 6.09 Å². The van der Waals surface area contributed by atoms with E-state index in [1.807, 2.05) is 24.3 Å². The Balaban J connectivity index is 1.28. The van der Waals surface area contributed by atoms with Crippen molar-refractivity contribution in [2.45, 2.75) is 76.0 Å². The third-order valence-corrected chi connectivity index (χ3v) is 7.75. The molecule has 4 rings (SSSR count). The van der Waals surface area contributed by atoms with Gasteiger partial charge in [0.25, 0.3) is 0 Å². The molecule has 2 saturated heterocycles. The van der Waals surface area contributed by atoms with Crippen molar-refractivity contribution in [3.63, 3.8) is 0 Å². The highest BCUT2D eigenvalue weighted by molar-refractivity contribution is 5.92. The molecule has 6 atom stereocenters. The normalized spacial score (nSPS) is 31.9. The van der Waals surface area contributed by atoms with Crippen molar-refractivity contribution in [1.82, 2.24) is 10.6 Å². The molecular formula is C28H41N3O6. The molecule has 204 valence electrons. The maximum atomic E-state index is 12.7.